The number of hydrogen-bond acceptors (Lipinski definition) is 10. The summed E-state index contributed by atoms with van der Waals surface area (Å²) >= 11 is 0. The van der Waals surface area contributed by atoms with Crippen LogP contribution in [0.1, 0.15) is 54.0 Å². The van der Waals surface area contributed by atoms with Gasteiger partial charge in [0.05, 0.1) is 25.3 Å². The highest BCUT2D eigenvalue weighted by molar-refractivity contribution is 6.05. The number of pyridine rings is 2. The monoisotopic (exact) mass is 666 g/mol. The van der Waals surface area contributed by atoms with Gasteiger partial charge >= 0.3 is 18.3 Å². The number of amides is 4. The maximum Gasteiger partial charge on any atom is 0.415 e. The molecule has 0 atom stereocenters. The predicted octanol–water partition coefficient (Wildman–Crippen LogP) is 6.00. The summed E-state index contributed by atoms with van der Waals surface area (Å²) in [5.74, 6) is -0.630. The van der Waals surface area contributed by atoms with E-state index < -0.39 is 41.4 Å². The lowest BCUT2D eigenvalue weighted by Gasteiger charge is -2.37. The fourth-order valence-corrected chi connectivity index (χ4v) is 5.23. The Labute approximate surface area is 276 Å². The summed E-state index contributed by atoms with van der Waals surface area (Å²) in [6.07, 6.45) is 0.00127. The van der Waals surface area contributed by atoms with E-state index in [9.17, 15) is 19.2 Å². The number of aromatic nitrogens is 2. The first-order valence-electron chi connectivity index (χ1n) is 15.4. The Balaban J connectivity index is 1.55. The SMILES string of the molecule is CC(=O)N1CC(OC(=O)Nc2cc3cc(-c4cnc5c(c4C)N(C(=O)OC(C)(C)C)CCO5)c(F)c(NC(=O)OC(C)(C)C)c3cn2)C1. The summed E-state index contributed by atoms with van der Waals surface area (Å²) in [6, 6.07) is 3.03. The van der Waals surface area contributed by atoms with Crippen molar-refractivity contribution in [2.24, 2.45) is 0 Å². The molecule has 256 valence electrons. The maximum absolute atomic E-state index is 16.6. The number of hydrogen-bond donors (Lipinski definition) is 2. The topological polar surface area (TPSA) is 162 Å². The van der Waals surface area contributed by atoms with Gasteiger partial charge in [-0.1, -0.05) is 0 Å². The number of nitrogens with one attached hydrogen (secondary N) is 2. The highest BCUT2D eigenvalue weighted by Crippen LogP contribution is 2.42. The molecular weight excluding hydrogens is 627 g/mol. The van der Waals surface area contributed by atoms with E-state index in [0.717, 1.165) is 0 Å². The first-order chi connectivity index (χ1) is 22.4. The van der Waals surface area contributed by atoms with Crippen LogP contribution in [-0.2, 0) is 19.0 Å². The first-order valence-corrected chi connectivity index (χ1v) is 15.4. The molecule has 48 heavy (non-hydrogen) atoms. The Morgan fingerprint density at radius 2 is 1.62 bits per heavy atom. The van der Waals surface area contributed by atoms with E-state index in [1.165, 1.54) is 41.2 Å². The van der Waals surface area contributed by atoms with Crippen LogP contribution in [0.25, 0.3) is 21.9 Å². The number of anilines is 3. The van der Waals surface area contributed by atoms with Gasteiger partial charge in [0.25, 0.3) is 0 Å². The Morgan fingerprint density at radius 3 is 2.27 bits per heavy atom. The molecule has 2 aliphatic heterocycles. The smallest absolute Gasteiger partial charge is 0.415 e. The fourth-order valence-electron chi connectivity index (χ4n) is 5.23. The van der Waals surface area contributed by atoms with Crippen LogP contribution in [0.3, 0.4) is 0 Å². The largest absolute Gasteiger partial charge is 0.474 e. The zero-order valence-electron chi connectivity index (χ0n) is 28.1. The number of carbonyl (C=O) groups is 4. The molecule has 0 spiro atoms. The van der Waals surface area contributed by atoms with E-state index in [1.54, 1.807) is 48.5 Å². The highest BCUT2D eigenvalue weighted by atomic mass is 19.1. The molecule has 0 bridgehead atoms. The van der Waals surface area contributed by atoms with Crippen molar-refractivity contribution < 1.29 is 42.5 Å². The third-order valence-corrected chi connectivity index (χ3v) is 7.38. The van der Waals surface area contributed by atoms with Crippen LogP contribution in [-0.4, -0.2) is 82.6 Å². The van der Waals surface area contributed by atoms with Gasteiger partial charge in [-0.05, 0) is 71.5 Å². The van der Waals surface area contributed by atoms with Gasteiger partial charge in [0, 0.05) is 35.8 Å². The van der Waals surface area contributed by atoms with Crippen LogP contribution in [0.4, 0.5) is 36.0 Å². The first kappa shape index (κ1) is 34.1. The number of likely N-dealkylation sites (tertiary alicyclic amines) is 1. The lowest BCUT2D eigenvalue weighted by atomic mass is 9.96. The van der Waals surface area contributed by atoms with E-state index >= 15 is 4.39 Å². The molecule has 3 aromatic rings. The van der Waals surface area contributed by atoms with Crippen LogP contribution in [0, 0.1) is 12.7 Å². The molecule has 0 saturated carbocycles. The van der Waals surface area contributed by atoms with Crippen molar-refractivity contribution in [2.45, 2.75) is 72.7 Å². The van der Waals surface area contributed by atoms with Crippen LogP contribution in [0.5, 0.6) is 5.88 Å². The molecule has 0 aliphatic carbocycles. The van der Waals surface area contributed by atoms with Crippen molar-refractivity contribution >= 4 is 52.2 Å². The van der Waals surface area contributed by atoms with Crippen LogP contribution in [0.2, 0.25) is 0 Å². The van der Waals surface area contributed by atoms with Crippen LogP contribution < -0.4 is 20.3 Å². The second-order valence-electron chi connectivity index (χ2n) is 13.5. The Hall–Kier alpha value is -5.21. The minimum absolute atomic E-state index is 0.0367. The molecule has 4 amide bonds. The van der Waals surface area contributed by atoms with Gasteiger partial charge in [0.2, 0.25) is 11.8 Å². The second kappa shape index (κ2) is 12.8. The number of ether oxygens (including phenoxy) is 4. The molecule has 2 aliphatic rings. The number of fused-ring (bicyclic) bond motifs is 2. The molecule has 15 heteroatoms. The molecule has 5 rings (SSSR count). The summed E-state index contributed by atoms with van der Waals surface area (Å²) in [5.41, 5.74) is -0.693. The van der Waals surface area contributed by atoms with E-state index in [2.05, 4.69) is 20.6 Å². The second-order valence-corrected chi connectivity index (χ2v) is 13.5. The molecular formula is C33H39FN6O8. The van der Waals surface area contributed by atoms with Crippen LogP contribution >= 0.6 is 0 Å². The summed E-state index contributed by atoms with van der Waals surface area (Å²) in [7, 11) is 0. The number of nitrogens with zero attached hydrogens (tertiary/aromatic N) is 4. The molecule has 1 aromatic carbocycles. The average molecular weight is 667 g/mol. The average Bonchev–Trinajstić information content (AvgIpc) is 2.94. The van der Waals surface area contributed by atoms with Crippen molar-refractivity contribution in [1.29, 1.82) is 0 Å². The van der Waals surface area contributed by atoms with E-state index in [1.807, 2.05) is 0 Å². The molecule has 0 unspecified atom stereocenters. The molecule has 1 saturated heterocycles. The third kappa shape index (κ3) is 7.50. The van der Waals surface area contributed by atoms with Gasteiger partial charge in [0.15, 0.2) is 5.82 Å². The van der Waals surface area contributed by atoms with Crippen LogP contribution in [0.15, 0.2) is 24.5 Å². The molecule has 2 N–H and O–H groups in total. The minimum atomic E-state index is -0.893. The Kier molecular flexibility index (Phi) is 9.08. The van der Waals surface area contributed by atoms with E-state index in [-0.39, 0.29) is 47.4 Å². The minimum Gasteiger partial charge on any atom is -0.474 e. The quantitative estimate of drug-likeness (QED) is 0.316. The predicted molar refractivity (Wildman–Crippen MR) is 175 cm³/mol. The molecule has 0 radical (unpaired) electrons. The van der Waals surface area contributed by atoms with Crippen molar-refractivity contribution in [3.63, 3.8) is 0 Å². The lowest BCUT2D eigenvalue weighted by Crippen LogP contribution is -2.54. The molecule has 14 nitrogen and oxygen atoms in total. The van der Waals surface area contributed by atoms with E-state index in [4.69, 9.17) is 18.9 Å². The molecule has 4 heterocycles. The number of rotatable bonds is 4. The normalized spacial score (nSPS) is 14.8. The summed E-state index contributed by atoms with van der Waals surface area (Å²) in [4.78, 5) is 61.7. The zero-order valence-corrected chi connectivity index (χ0v) is 28.1. The van der Waals surface area contributed by atoms with Gasteiger partial charge in [-0.15, -0.1) is 0 Å². The fraction of sp³-hybridized carbons (Fsp3) is 0.455. The van der Waals surface area contributed by atoms with Gasteiger partial charge in [-0.2, -0.15) is 0 Å². The number of halogens is 1. The van der Waals surface area contributed by atoms with Crippen molar-refractivity contribution in [1.82, 2.24) is 14.9 Å². The van der Waals surface area contributed by atoms with Gasteiger partial charge in [-0.25, -0.2) is 28.7 Å². The summed E-state index contributed by atoms with van der Waals surface area (Å²) in [5, 5.41) is 5.70. The highest BCUT2D eigenvalue weighted by Gasteiger charge is 2.33. The lowest BCUT2D eigenvalue weighted by molar-refractivity contribution is -0.138. The molecule has 1 fully saturated rings. The van der Waals surface area contributed by atoms with E-state index in [0.29, 0.717) is 35.3 Å². The number of benzene rings is 1. The van der Waals surface area contributed by atoms with Gasteiger partial charge < -0.3 is 23.8 Å². The van der Waals surface area contributed by atoms with Gasteiger partial charge in [-0.3, -0.25) is 20.3 Å². The van der Waals surface area contributed by atoms with Crippen molar-refractivity contribution in [2.75, 3.05) is 41.8 Å². The standard InChI is InChI=1S/C33H39FN6O8/c1-17-22(13-36-28-27(17)40(9-10-45-28)31(44)48-33(6,7)8)21-11-19-12-24(37-29(42)46-20-15-39(16-20)18(2)41)35-14-23(19)26(25(21)34)38-30(43)47-32(3,4)5/h11-14,20H,9-10,15-16H2,1-8H3,(H,38,43)(H,35,37,42). The molecule has 2 aromatic heterocycles. The third-order valence-electron chi connectivity index (χ3n) is 7.38. The summed E-state index contributed by atoms with van der Waals surface area (Å²) in [6.45, 7) is 14.4. The number of carbonyl (C=O) groups excluding carboxylic acids is 4. The summed E-state index contributed by atoms with van der Waals surface area (Å²) < 4.78 is 38.7. The van der Waals surface area contributed by atoms with Gasteiger partial charge in [0.1, 0.15) is 35.4 Å². The zero-order chi connectivity index (χ0) is 35.1. The maximum atomic E-state index is 16.6. The van der Waals surface area contributed by atoms with Crippen molar-refractivity contribution in [3.05, 3.63) is 35.9 Å². The Morgan fingerprint density at radius 1 is 0.938 bits per heavy atom. The Bertz CT molecular complexity index is 1800. The van der Waals surface area contributed by atoms with Crippen molar-refractivity contribution in [3.8, 4) is 17.0 Å².